The van der Waals surface area contributed by atoms with Gasteiger partial charge in [-0.3, -0.25) is 0 Å². The smallest absolute Gasteiger partial charge is 0.123 e. The topological polar surface area (TPSA) is 21.3 Å². The molecule has 0 fully saturated rings. The van der Waals surface area contributed by atoms with Crippen LogP contribution >= 0.6 is 0 Å². The van der Waals surface area contributed by atoms with Crippen LogP contribution in [-0.4, -0.2) is 20.2 Å². The summed E-state index contributed by atoms with van der Waals surface area (Å²) in [6.45, 7) is 6.15. The van der Waals surface area contributed by atoms with Crippen molar-refractivity contribution in [2.75, 3.05) is 20.2 Å². The van der Waals surface area contributed by atoms with Crippen molar-refractivity contribution in [2.45, 2.75) is 20.3 Å². The van der Waals surface area contributed by atoms with E-state index in [-0.39, 0.29) is 5.82 Å². The number of ether oxygens (including phenoxy) is 1. The van der Waals surface area contributed by atoms with E-state index in [0.717, 1.165) is 30.8 Å². The van der Waals surface area contributed by atoms with Gasteiger partial charge in [-0.15, -0.1) is 0 Å². The number of benzene rings is 1. The molecule has 0 heterocycles. The molecule has 0 unspecified atom stereocenters. The van der Waals surface area contributed by atoms with Gasteiger partial charge in [-0.2, -0.15) is 0 Å². The Labute approximate surface area is 96.8 Å². The Kier molecular flexibility index (Phi) is 5.26. The van der Waals surface area contributed by atoms with Crippen LogP contribution in [0.3, 0.4) is 0 Å². The summed E-state index contributed by atoms with van der Waals surface area (Å²) >= 11 is 0. The molecule has 1 aromatic rings. The first-order valence-electron chi connectivity index (χ1n) is 5.66. The van der Waals surface area contributed by atoms with Crippen molar-refractivity contribution >= 4 is 0 Å². The number of methoxy groups -OCH3 is 1. The lowest BCUT2D eigenvalue weighted by molar-refractivity contribution is 0.407. The highest BCUT2D eigenvalue weighted by Gasteiger charge is 2.04. The summed E-state index contributed by atoms with van der Waals surface area (Å²) in [6.07, 6.45) is 0.785. The Hall–Kier alpha value is -1.09. The maximum Gasteiger partial charge on any atom is 0.123 e. The Morgan fingerprint density at radius 3 is 2.75 bits per heavy atom. The predicted octanol–water partition coefficient (Wildman–Crippen LogP) is 2.62. The molecule has 0 aromatic heterocycles. The fourth-order valence-corrected chi connectivity index (χ4v) is 1.56. The fourth-order valence-electron chi connectivity index (χ4n) is 1.56. The molecule has 0 radical (unpaired) electrons. The Morgan fingerprint density at radius 2 is 2.12 bits per heavy atom. The van der Waals surface area contributed by atoms with Crippen molar-refractivity contribution < 1.29 is 9.13 Å². The maximum absolute atomic E-state index is 13.0. The number of hydrogen-bond donors (Lipinski definition) is 1. The van der Waals surface area contributed by atoms with Crippen LogP contribution in [0, 0.1) is 11.7 Å². The fraction of sp³-hybridized carbons (Fsp3) is 0.538. The molecule has 2 nitrogen and oxygen atoms in total. The molecule has 0 atom stereocenters. The van der Waals surface area contributed by atoms with Crippen molar-refractivity contribution in [2.24, 2.45) is 5.92 Å². The molecule has 0 aliphatic carbocycles. The van der Waals surface area contributed by atoms with Crippen molar-refractivity contribution in [3.63, 3.8) is 0 Å². The average Bonchev–Trinajstić information content (AvgIpc) is 2.24. The summed E-state index contributed by atoms with van der Waals surface area (Å²) in [4.78, 5) is 0. The molecule has 3 heteroatoms. The molecule has 0 amide bonds. The van der Waals surface area contributed by atoms with Gasteiger partial charge in [0.1, 0.15) is 11.6 Å². The first-order chi connectivity index (χ1) is 7.63. The van der Waals surface area contributed by atoms with E-state index in [1.807, 2.05) is 0 Å². The summed E-state index contributed by atoms with van der Waals surface area (Å²) in [6, 6.07) is 4.63. The summed E-state index contributed by atoms with van der Waals surface area (Å²) in [7, 11) is 1.61. The van der Waals surface area contributed by atoms with Crippen LogP contribution in [0.2, 0.25) is 0 Å². The van der Waals surface area contributed by atoms with Gasteiger partial charge in [-0.25, -0.2) is 4.39 Å². The monoisotopic (exact) mass is 225 g/mol. The molecule has 0 saturated carbocycles. The first-order valence-corrected chi connectivity index (χ1v) is 5.66. The summed E-state index contributed by atoms with van der Waals surface area (Å²) in [5.41, 5.74) is 0.916. The van der Waals surface area contributed by atoms with Crippen molar-refractivity contribution in [3.8, 4) is 5.75 Å². The van der Waals surface area contributed by atoms with Crippen LogP contribution in [0.5, 0.6) is 5.75 Å². The molecule has 0 saturated heterocycles. The average molecular weight is 225 g/mol. The third-order valence-electron chi connectivity index (χ3n) is 2.37. The van der Waals surface area contributed by atoms with Crippen LogP contribution in [0.4, 0.5) is 4.39 Å². The minimum atomic E-state index is -0.209. The number of halogens is 1. The van der Waals surface area contributed by atoms with E-state index < -0.39 is 0 Å². The van der Waals surface area contributed by atoms with E-state index in [1.54, 1.807) is 13.2 Å². The van der Waals surface area contributed by atoms with E-state index in [1.165, 1.54) is 12.1 Å². The normalized spacial score (nSPS) is 10.8. The number of nitrogens with one attached hydrogen (secondary N) is 1. The number of hydrogen-bond acceptors (Lipinski definition) is 2. The summed E-state index contributed by atoms with van der Waals surface area (Å²) < 4.78 is 18.2. The zero-order valence-electron chi connectivity index (χ0n) is 10.2. The second-order valence-electron chi connectivity index (χ2n) is 4.30. The summed E-state index contributed by atoms with van der Waals surface area (Å²) in [5, 5.41) is 3.33. The van der Waals surface area contributed by atoms with Gasteiger partial charge in [-0.1, -0.05) is 13.8 Å². The second-order valence-corrected chi connectivity index (χ2v) is 4.30. The third-order valence-corrected chi connectivity index (χ3v) is 2.37. The second kappa shape index (κ2) is 6.48. The van der Waals surface area contributed by atoms with Gasteiger partial charge in [0.15, 0.2) is 0 Å². The molecular weight excluding hydrogens is 205 g/mol. The highest BCUT2D eigenvalue weighted by molar-refractivity contribution is 5.34. The Morgan fingerprint density at radius 1 is 1.38 bits per heavy atom. The lowest BCUT2D eigenvalue weighted by Gasteiger charge is -2.10. The molecule has 0 aliphatic rings. The van der Waals surface area contributed by atoms with Gasteiger partial charge in [0, 0.05) is 0 Å². The predicted molar refractivity (Wildman–Crippen MR) is 64.4 cm³/mol. The maximum atomic E-state index is 13.0. The van der Waals surface area contributed by atoms with E-state index in [0.29, 0.717) is 5.92 Å². The van der Waals surface area contributed by atoms with Crippen LogP contribution in [0.25, 0.3) is 0 Å². The van der Waals surface area contributed by atoms with E-state index in [4.69, 9.17) is 4.74 Å². The molecule has 1 N–H and O–H groups in total. The SMILES string of the molecule is COc1ccc(F)cc1CCNCC(C)C. The highest BCUT2D eigenvalue weighted by atomic mass is 19.1. The molecule has 0 aliphatic heterocycles. The quantitative estimate of drug-likeness (QED) is 0.751. The minimum Gasteiger partial charge on any atom is -0.496 e. The molecular formula is C13H20FNO. The van der Waals surface area contributed by atoms with Crippen molar-refractivity contribution in [3.05, 3.63) is 29.6 Å². The molecule has 1 aromatic carbocycles. The van der Waals surface area contributed by atoms with E-state index in [2.05, 4.69) is 19.2 Å². The van der Waals surface area contributed by atoms with Crippen molar-refractivity contribution in [1.29, 1.82) is 0 Å². The van der Waals surface area contributed by atoms with Gasteiger partial charge in [0.25, 0.3) is 0 Å². The summed E-state index contributed by atoms with van der Waals surface area (Å²) in [5.74, 6) is 1.18. The Bertz CT molecular complexity index is 326. The number of rotatable bonds is 6. The largest absolute Gasteiger partial charge is 0.496 e. The highest BCUT2D eigenvalue weighted by Crippen LogP contribution is 2.19. The van der Waals surface area contributed by atoms with Gasteiger partial charge >= 0.3 is 0 Å². The zero-order chi connectivity index (χ0) is 12.0. The van der Waals surface area contributed by atoms with Crippen LogP contribution in [0.1, 0.15) is 19.4 Å². The molecule has 16 heavy (non-hydrogen) atoms. The molecule has 1 rings (SSSR count). The minimum absolute atomic E-state index is 0.209. The first kappa shape index (κ1) is 13.0. The van der Waals surface area contributed by atoms with Gasteiger partial charge in [-0.05, 0) is 49.2 Å². The van der Waals surface area contributed by atoms with Crippen LogP contribution in [0.15, 0.2) is 18.2 Å². The lowest BCUT2D eigenvalue weighted by Crippen LogP contribution is -2.22. The Balaban J connectivity index is 2.48. The third kappa shape index (κ3) is 4.19. The van der Waals surface area contributed by atoms with Crippen LogP contribution < -0.4 is 10.1 Å². The molecule has 0 bridgehead atoms. The molecule has 0 spiro atoms. The van der Waals surface area contributed by atoms with Gasteiger partial charge in [0.05, 0.1) is 7.11 Å². The van der Waals surface area contributed by atoms with Gasteiger partial charge < -0.3 is 10.1 Å². The molecule has 90 valence electrons. The van der Waals surface area contributed by atoms with E-state index >= 15 is 0 Å². The van der Waals surface area contributed by atoms with Crippen molar-refractivity contribution in [1.82, 2.24) is 5.32 Å². The van der Waals surface area contributed by atoms with Gasteiger partial charge in [0.2, 0.25) is 0 Å². The lowest BCUT2D eigenvalue weighted by atomic mass is 10.1. The zero-order valence-corrected chi connectivity index (χ0v) is 10.2. The van der Waals surface area contributed by atoms with Crippen LogP contribution in [-0.2, 0) is 6.42 Å². The van der Waals surface area contributed by atoms with E-state index in [9.17, 15) is 4.39 Å². The standard InChI is InChI=1S/C13H20FNO/c1-10(2)9-15-7-6-11-8-12(14)4-5-13(11)16-3/h4-5,8,10,15H,6-7,9H2,1-3H3.